The smallest absolute Gasteiger partial charge is 0.311 e. The number of aliphatic carboxylic acids is 1. The molecule has 0 spiro atoms. The molecule has 0 radical (unpaired) electrons. The van der Waals surface area contributed by atoms with E-state index in [0.717, 1.165) is 0 Å². The SMILES string of the molecule is CC(C)(Oc1ccc(Cl)cc1)C(=O)N1C[C@H]2COCC[C@@]2(C(=O)O)C1. The molecule has 0 aromatic heterocycles. The summed E-state index contributed by atoms with van der Waals surface area (Å²) < 4.78 is 11.3. The van der Waals surface area contributed by atoms with Gasteiger partial charge in [0.2, 0.25) is 0 Å². The second-order valence-electron chi connectivity index (χ2n) is 7.24. The summed E-state index contributed by atoms with van der Waals surface area (Å²) in [6.45, 7) is 4.73. The van der Waals surface area contributed by atoms with Crippen molar-refractivity contribution in [3.05, 3.63) is 29.3 Å². The zero-order valence-corrected chi connectivity index (χ0v) is 15.1. The van der Waals surface area contributed by atoms with Gasteiger partial charge in [0.25, 0.3) is 5.91 Å². The highest BCUT2D eigenvalue weighted by Crippen LogP contribution is 2.43. The number of halogens is 1. The maximum absolute atomic E-state index is 13.0. The summed E-state index contributed by atoms with van der Waals surface area (Å²) >= 11 is 5.87. The fraction of sp³-hybridized carbons (Fsp3) is 0.556. The molecule has 136 valence electrons. The van der Waals surface area contributed by atoms with Crippen LogP contribution in [0.1, 0.15) is 20.3 Å². The van der Waals surface area contributed by atoms with Crippen LogP contribution in [0.25, 0.3) is 0 Å². The molecular weight excluding hydrogens is 346 g/mol. The van der Waals surface area contributed by atoms with Crippen molar-refractivity contribution in [2.45, 2.75) is 25.9 Å². The molecule has 1 aromatic rings. The Kier molecular flexibility index (Phi) is 4.68. The van der Waals surface area contributed by atoms with Crippen molar-refractivity contribution in [2.24, 2.45) is 11.3 Å². The summed E-state index contributed by atoms with van der Waals surface area (Å²) in [7, 11) is 0. The van der Waals surface area contributed by atoms with Crippen molar-refractivity contribution in [2.75, 3.05) is 26.3 Å². The van der Waals surface area contributed by atoms with Crippen molar-refractivity contribution >= 4 is 23.5 Å². The first kappa shape index (κ1) is 18.0. The number of hydrogen-bond acceptors (Lipinski definition) is 4. The molecule has 6 nitrogen and oxygen atoms in total. The Labute approximate surface area is 151 Å². The molecule has 0 aliphatic carbocycles. The molecule has 1 aromatic carbocycles. The molecule has 25 heavy (non-hydrogen) atoms. The third-order valence-corrected chi connectivity index (χ3v) is 5.37. The minimum atomic E-state index is -1.11. The molecule has 2 fully saturated rings. The monoisotopic (exact) mass is 367 g/mol. The van der Waals surface area contributed by atoms with E-state index in [9.17, 15) is 14.7 Å². The molecule has 0 saturated carbocycles. The van der Waals surface area contributed by atoms with Gasteiger partial charge in [-0.25, -0.2) is 0 Å². The number of amides is 1. The topological polar surface area (TPSA) is 76.1 Å². The third kappa shape index (κ3) is 3.33. The maximum Gasteiger partial charge on any atom is 0.311 e. The largest absolute Gasteiger partial charge is 0.481 e. The van der Waals surface area contributed by atoms with Crippen molar-refractivity contribution in [1.82, 2.24) is 4.90 Å². The predicted octanol–water partition coefficient (Wildman–Crippen LogP) is 2.45. The molecule has 7 heteroatoms. The molecule has 0 bridgehead atoms. The molecule has 2 saturated heterocycles. The highest BCUT2D eigenvalue weighted by atomic mass is 35.5. The van der Waals surface area contributed by atoms with Gasteiger partial charge in [0, 0.05) is 30.6 Å². The van der Waals surface area contributed by atoms with E-state index >= 15 is 0 Å². The summed E-state index contributed by atoms with van der Waals surface area (Å²) in [6.07, 6.45) is 0.426. The van der Waals surface area contributed by atoms with Gasteiger partial charge in [-0.3, -0.25) is 9.59 Å². The molecule has 2 aliphatic rings. The Morgan fingerprint density at radius 2 is 2.04 bits per heavy atom. The van der Waals surface area contributed by atoms with Crippen LogP contribution in [0.15, 0.2) is 24.3 Å². The van der Waals surface area contributed by atoms with Gasteiger partial charge in [0.1, 0.15) is 5.75 Å². The number of rotatable bonds is 4. The number of carbonyl (C=O) groups is 2. The molecule has 2 heterocycles. The molecule has 0 unspecified atom stereocenters. The van der Waals surface area contributed by atoms with Crippen LogP contribution in [0.2, 0.25) is 5.02 Å². The third-order valence-electron chi connectivity index (χ3n) is 5.12. The summed E-state index contributed by atoms with van der Waals surface area (Å²) in [5.74, 6) is -0.727. The minimum Gasteiger partial charge on any atom is -0.481 e. The second kappa shape index (κ2) is 6.50. The Bertz CT molecular complexity index is 675. The normalized spacial score (nSPS) is 26.2. The molecular formula is C18H22ClNO5. The average Bonchev–Trinajstić information content (AvgIpc) is 2.97. The van der Waals surface area contributed by atoms with Gasteiger partial charge in [-0.15, -0.1) is 0 Å². The first-order valence-corrected chi connectivity index (χ1v) is 8.67. The Balaban J connectivity index is 1.76. The molecule has 1 amide bonds. The van der Waals surface area contributed by atoms with Gasteiger partial charge >= 0.3 is 5.97 Å². The fourth-order valence-corrected chi connectivity index (χ4v) is 3.80. The summed E-state index contributed by atoms with van der Waals surface area (Å²) in [5.41, 5.74) is -2.02. The Morgan fingerprint density at radius 1 is 1.36 bits per heavy atom. The van der Waals surface area contributed by atoms with Crippen LogP contribution in [-0.4, -0.2) is 53.8 Å². The summed E-state index contributed by atoms with van der Waals surface area (Å²) in [4.78, 5) is 26.4. The van der Waals surface area contributed by atoms with Crippen LogP contribution in [0.3, 0.4) is 0 Å². The van der Waals surface area contributed by atoms with Crippen molar-refractivity contribution < 1.29 is 24.2 Å². The highest BCUT2D eigenvalue weighted by Gasteiger charge is 2.56. The van der Waals surface area contributed by atoms with Crippen LogP contribution < -0.4 is 4.74 Å². The molecule has 1 N–H and O–H groups in total. The lowest BCUT2D eigenvalue weighted by atomic mass is 9.74. The van der Waals surface area contributed by atoms with Gasteiger partial charge in [-0.2, -0.15) is 0 Å². The highest BCUT2D eigenvalue weighted by molar-refractivity contribution is 6.30. The Hall–Kier alpha value is -1.79. The average molecular weight is 368 g/mol. The lowest BCUT2D eigenvalue weighted by Crippen LogP contribution is -2.49. The Morgan fingerprint density at radius 3 is 2.64 bits per heavy atom. The first-order chi connectivity index (χ1) is 11.7. The lowest BCUT2D eigenvalue weighted by molar-refractivity contribution is -0.158. The number of hydrogen-bond donors (Lipinski definition) is 1. The van der Waals surface area contributed by atoms with Crippen LogP contribution in [0, 0.1) is 11.3 Å². The molecule has 2 aliphatic heterocycles. The lowest BCUT2D eigenvalue weighted by Gasteiger charge is -2.34. The number of carbonyl (C=O) groups excluding carboxylic acids is 1. The van der Waals surface area contributed by atoms with Crippen molar-refractivity contribution in [3.8, 4) is 5.75 Å². The number of carboxylic acids is 1. The number of likely N-dealkylation sites (tertiary alicyclic amines) is 1. The van der Waals surface area contributed by atoms with E-state index in [4.69, 9.17) is 21.1 Å². The predicted molar refractivity (Wildman–Crippen MR) is 91.7 cm³/mol. The quantitative estimate of drug-likeness (QED) is 0.884. The van der Waals surface area contributed by atoms with E-state index in [2.05, 4.69) is 0 Å². The number of ether oxygens (including phenoxy) is 2. The number of nitrogens with zero attached hydrogens (tertiary/aromatic N) is 1. The van der Waals surface area contributed by atoms with Gasteiger partial charge in [-0.1, -0.05) is 11.6 Å². The van der Waals surface area contributed by atoms with E-state index in [1.807, 2.05) is 0 Å². The zero-order chi connectivity index (χ0) is 18.2. The molecule has 3 rings (SSSR count). The van der Waals surface area contributed by atoms with E-state index < -0.39 is 17.0 Å². The molecule has 2 atom stereocenters. The van der Waals surface area contributed by atoms with Crippen molar-refractivity contribution in [1.29, 1.82) is 0 Å². The maximum atomic E-state index is 13.0. The van der Waals surface area contributed by atoms with Crippen LogP contribution in [-0.2, 0) is 14.3 Å². The standard InChI is InChI=1S/C18H22ClNO5/c1-17(2,25-14-5-3-13(19)4-6-14)15(21)20-9-12-10-24-8-7-18(12,11-20)16(22)23/h3-6,12H,7-11H2,1-2H3,(H,22,23)/t12-,18+/m0/s1. The number of benzene rings is 1. The van der Waals surface area contributed by atoms with E-state index in [0.29, 0.717) is 37.0 Å². The van der Waals surface area contributed by atoms with Gasteiger partial charge in [-0.05, 0) is 44.5 Å². The van der Waals surface area contributed by atoms with Gasteiger partial charge in [0.15, 0.2) is 5.60 Å². The van der Waals surface area contributed by atoms with Gasteiger partial charge in [0.05, 0.1) is 12.0 Å². The van der Waals surface area contributed by atoms with Crippen LogP contribution in [0.5, 0.6) is 5.75 Å². The van der Waals surface area contributed by atoms with E-state index in [-0.39, 0.29) is 18.4 Å². The zero-order valence-electron chi connectivity index (χ0n) is 14.3. The van der Waals surface area contributed by atoms with Crippen LogP contribution in [0.4, 0.5) is 0 Å². The van der Waals surface area contributed by atoms with E-state index in [1.54, 1.807) is 43.0 Å². The van der Waals surface area contributed by atoms with Crippen molar-refractivity contribution in [3.63, 3.8) is 0 Å². The summed E-state index contributed by atoms with van der Waals surface area (Å²) in [5, 5.41) is 10.3. The first-order valence-electron chi connectivity index (χ1n) is 8.30. The van der Waals surface area contributed by atoms with Gasteiger partial charge < -0.3 is 19.5 Å². The second-order valence-corrected chi connectivity index (χ2v) is 7.67. The minimum absolute atomic E-state index is 0.186. The fourth-order valence-electron chi connectivity index (χ4n) is 3.68. The van der Waals surface area contributed by atoms with E-state index in [1.165, 1.54) is 0 Å². The number of fused-ring (bicyclic) bond motifs is 1. The number of carboxylic acid groups (broad SMARTS) is 1. The summed E-state index contributed by atoms with van der Waals surface area (Å²) in [6, 6.07) is 6.79. The van der Waals surface area contributed by atoms with Crippen LogP contribution >= 0.6 is 11.6 Å².